The van der Waals surface area contributed by atoms with E-state index < -0.39 is 5.97 Å². The minimum absolute atomic E-state index is 0.311. The molecular formula is C15H25N3O2. The number of carbonyl (C=O) groups is 1. The molecule has 0 aliphatic heterocycles. The van der Waals surface area contributed by atoms with E-state index >= 15 is 0 Å². The molecule has 0 aliphatic rings. The van der Waals surface area contributed by atoms with E-state index in [1.54, 1.807) is 6.07 Å². The van der Waals surface area contributed by atoms with Gasteiger partial charge in [-0.1, -0.05) is 0 Å². The van der Waals surface area contributed by atoms with E-state index in [2.05, 4.69) is 31.2 Å². The minimum atomic E-state index is -0.407. The van der Waals surface area contributed by atoms with Gasteiger partial charge in [-0.2, -0.15) is 0 Å². The Morgan fingerprint density at radius 2 is 2.10 bits per heavy atom. The number of hydrogen-bond donors (Lipinski definition) is 2. The quantitative estimate of drug-likeness (QED) is 0.616. The van der Waals surface area contributed by atoms with E-state index in [-0.39, 0.29) is 0 Å². The van der Waals surface area contributed by atoms with Crippen molar-refractivity contribution in [1.29, 1.82) is 0 Å². The van der Waals surface area contributed by atoms with Crippen molar-refractivity contribution in [2.24, 2.45) is 0 Å². The van der Waals surface area contributed by atoms with Gasteiger partial charge in [0.25, 0.3) is 0 Å². The molecule has 0 saturated heterocycles. The Balaban J connectivity index is 2.86. The van der Waals surface area contributed by atoms with Crippen molar-refractivity contribution in [3.05, 3.63) is 23.3 Å². The van der Waals surface area contributed by atoms with E-state index in [1.165, 1.54) is 7.11 Å². The molecular weight excluding hydrogens is 254 g/mol. The molecule has 0 saturated carbocycles. The molecule has 0 heterocycles. The number of methoxy groups -OCH3 is 1. The van der Waals surface area contributed by atoms with Gasteiger partial charge in [0.15, 0.2) is 0 Å². The average molecular weight is 279 g/mol. The van der Waals surface area contributed by atoms with Crippen LogP contribution in [0.25, 0.3) is 0 Å². The monoisotopic (exact) mass is 279 g/mol. The van der Waals surface area contributed by atoms with Crippen molar-refractivity contribution >= 4 is 17.3 Å². The van der Waals surface area contributed by atoms with Gasteiger partial charge >= 0.3 is 5.97 Å². The second-order valence-corrected chi connectivity index (χ2v) is 5.38. The molecule has 0 spiro atoms. The summed E-state index contributed by atoms with van der Waals surface area (Å²) in [7, 11) is 5.46. The summed E-state index contributed by atoms with van der Waals surface area (Å²) in [4.78, 5) is 13.8. The molecule has 5 heteroatoms. The summed E-state index contributed by atoms with van der Waals surface area (Å²) >= 11 is 0. The smallest absolute Gasteiger partial charge is 0.340 e. The van der Waals surface area contributed by atoms with Crippen LogP contribution in [0.5, 0.6) is 0 Å². The number of nitrogens with two attached hydrogens (primary N) is 1. The van der Waals surface area contributed by atoms with Crippen molar-refractivity contribution in [3.63, 3.8) is 0 Å². The summed E-state index contributed by atoms with van der Waals surface area (Å²) in [5.74, 6) is -0.407. The summed E-state index contributed by atoms with van der Waals surface area (Å²) < 4.78 is 4.76. The van der Waals surface area contributed by atoms with Gasteiger partial charge in [0.2, 0.25) is 0 Å². The second kappa shape index (κ2) is 7.14. The first-order valence-corrected chi connectivity index (χ1v) is 6.74. The number of nitrogens with one attached hydrogen (secondary N) is 1. The number of rotatable bonds is 6. The van der Waals surface area contributed by atoms with Gasteiger partial charge in [-0.25, -0.2) is 4.79 Å². The van der Waals surface area contributed by atoms with Crippen LogP contribution in [0.3, 0.4) is 0 Å². The van der Waals surface area contributed by atoms with Gasteiger partial charge in [0.05, 0.1) is 12.7 Å². The lowest BCUT2D eigenvalue weighted by molar-refractivity contribution is 0.0602. The average Bonchev–Trinajstić information content (AvgIpc) is 2.39. The zero-order chi connectivity index (χ0) is 15.3. The van der Waals surface area contributed by atoms with Crippen LogP contribution in [-0.2, 0) is 4.74 Å². The first kappa shape index (κ1) is 16.3. The number of nitrogens with zero attached hydrogens (tertiary/aromatic N) is 1. The Morgan fingerprint density at radius 3 is 2.65 bits per heavy atom. The summed E-state index contributed by atoms with van der Waals surface area (Å²) in [6, 6.07) is 4.01. The zero-order valence-electron chi connectivity index (χ0n) is 13.0. The lowest BCUT2D eigenvalue weighted by Gasteiger charge is -2.19. The lowest BCUT2D eigenvalue weighted by Crippen LogP contribution is -2.23. The molecule has 0 amide bonds. The summed E-state index contributed by atoms with van der Waals surface area (Å²) in [5.41, 5.74) is 8.57. The van der Waals surface area contributed by atoms with Crippen LogP contribution >= 0.6 is 0 Å². The van der Waals surface area contributed by atoms with Crippen molar-refractivity contribution < 1.29 is 9.53 Å². The Labute approximate surface area is 121 Å². The molecule has 3 N–H and O–H groups in total. The lowest BCUT2D eigenvalue weighted by atomic mass is 10.1. The number of carbonyl (C=O) groups excluding carboxylic acids is 1. The number of aryl methyl sites for hydroxylation is 1. The molecule has 112 valence electrons. The Hall–Kier alpha value is -1.75. The third kappa shape index (κ3) is 4.42. The van der Waals surface area contributed by atoms with Crippen LogP contribution in [0.1, 0.15) is 29.3 Å². The number of nitrogen functional groups attached to an aromatic ring is 1. The Bertz CT molecular complexity index is 472. The normalized spacial score (nSPS) is 12.3. The molecule has 1 aromatic rings. The second-order valence-electron chi connectivity index (χ2n) is 5.38. The van der Waals surface area contributed by atoms with Crippen molar-refractivity contribution in [2.45, 2.75) is 26.3 Å². The van der Waals surface area contributed by atoms with Gasteiger partial charge in [-0.05, 0) is 58.6 Å². The van der Waals surface area contributed by atoms with E-state index in [9.17, 15) is 4.79 Å². The van der Waals surface area contributed by atoms with Gasteiger partial charge in [-0.15, -0.1) is 0 Å². The predicted molar refractivity (Wildman–Crippen MR) is 83.2 cm³/mol. The van der Waals surface area contributed by atoms with Gasteiger partial charge in [0.1, 0.15) is 0 Å². The predicted octanol–water partition coefficient (Wildman–Crippen LogP) is 2.12. The summed E-state index contributed by atoms with van der Waals surface area (Å²) in [6.45, 7) is 5.01. The Kier molecular flexibility index (Phi) is 5.82. The van der Waals surface area contributed by atoms with Crippen LogP contribution in [0.15, 0.2) is 12.1 Å². The molecule has 0 aliphatic carbocycles. The molecule has 1 aromatic carbocycles. The van der Waals surface area contributed by atoms with Crippen molar-refractivity contribution in [3.8, 4) is 0 Å². The van der Waals surface area contributed by atoms with E-state index in [4.69, 9.17) is 10.5 Å². The van der Waals surface area contributed by atoms with Crippen LogP contribution in [-0.4, -0.2) is 44.7 Å². The third-order valence-electron chi connectivity index (χ3n) is 3.21. The molecule has 20 heavy (non-hydrogen) atoms. The highest BCUT2D eigenvalue weighted by Gasteiger charge is 2.14. The fourth-order valence-corrected chi connectivity index (χ4v) is 1.97. The zero-order valence-corrected chi connectivity index (χ0v) is 13.0. The number of benzene rings is 1. The number of esters is 1. The molecule has 0 bridgehead atoms. The fraction of sp³-hybridized carbons (Fsp3) is 0.533. The molecule has 1 unspecified atom stereocenters. The van der Waals surface area contributed by atoms with Gasteiger partial charge in [-0.3, -0.25) is 0 Å². The van der Waals surface area contributed by atoms with Crippen LogP contribution in [0.2, 0.25) is 0 Å². The van der Waals surface area contributed by atoms with Crippen molar-refractivity contribution in [1.82, 2.24) is 4.90 Å². The SMILES string of the molecule is COC(=O)c1cc(NC(C)CCN(C)C)cc(C)c1N. The number of ether oxygens (including phenoxy) is 1. The molecule has 0 fully saturated rings. The third-order valence-corrected chi connectivity index (χ3v) is 3.21. The highest BCUT2D eigenvalue weighted by Crippen LogP contribution is 2.24. The summed E-state index contributed by atoms with van der Waals surface area (Å²) in [5, 5.41) is 3.39. The minimum Gasteiger partial charge on any atom is -0.465 e. The maximum Gasteiger partial charge on any atom is 0.340 e. The molecule has 0 radical (unpaired) electrons. The maximum absolute atomic E-state index is 11.7. The van der Waals surface area contributed by atoms with E-state index in [0.717, 1.165) is 24.2 Å². The summed E-state index contributed by atoms with van der Waals surface area (Å²) in [6.07, 6.45) is 1.02. The number of anilines is 2. The molecule has 5 nitrogen and oxygen atoms in total. The van der Waals surface area contributed by atoms with Crippen LogP contribution in [0, 0.1) is 6.92 Å². The highest BCUT2D eigenvalue weighted by molar-refractivity contribution is 5.97. The molecule has 1 atom stereocenters. The topological polar surface area (TPSA) is 67.6 Å². The van der Waals surface area contributed by atoms with E-state index in [1.807, 2.05) is 13.0 Å². The first-order valence-electron chi connectivity index (χ1n) is 6.74. The highest BCUT2D eigenvalue weighted by atomic mass is 16.5. The largest absolute Gasteiger partial charge is 0.465 e. The van der Waals surface area contributed by atoms with Crippen LogP contribution in [0.4, 0.5) is 11.4 Å². The first-order chi connectivity index (χ1) is 9.35. The molecule has 0 aromatic heterocycles. The standard InChI is InChI=1S/C15H25N3O2/c1-10-8-12(17-11(2)6-7-18(3)4)9-13(14(10)16)15(19)20-5/h8-9,11,17H,6-7,16H2,1-5H3. The fourth-order valence-electron chi connectivity index (χ4n) is 1.97. The molecule has 1 rings (SSSR count). The van der Waals surface area contributed by atoms with E-state index in [0.29, 0.717) is 17.3 Å². The van der Waals surface area contributed by atoms with Crippen molar-refractivity contribution in [2.75, 3.05) is 38.8 Å². The van der Waals surface area contributed by atoms with Crippen LogP contribution < -0.4 is 11.1 Å². The Morgan fingerprint density at radius 1 is 1.45 bits per heavy atom. The van der Waals surface area contributed by atoms with Gasteiger partial charge < -0.3 is 20.7 Å². The maximum atomic E-state index is 11.7. The van der Waals surface area contributed by atoms with Gasteiger partial charge in [0, 0.05) is 17.4 Å². The number of hydrogen-bond acceptors (Lipinski definition) is 5.